The van der Waals surface area contributed by atoms with E-state index in [1.807, 2.05) is 0 Å². The predicted molar refractivity (Wildman–Crippen MR) is 77.2 cm³/mol. The van der Waals surface area contributed by atoms with Crippen LogP contribution in [0.15, 0.2) is 48.5 Å². The van der Waals surface area contributed by atoms with Crippen molar-refractivity contribution in [2.75, 3.05) is 23.3 Å². The monoisotopic (exact) mass is 238 g/mol. The number of nitrogens with one attached hydrogen (secondary N) is 1. The lowest BCUT2D eigenvalue weighted by molar-refractivity contribution is 0.786. The molecule has 0 spiro atoms. The van der Waals surface area contributed by atoms with Crippen LogP contribution in [0.2, 0.25) is 0 Å². The minimum atomic E-state index is 0.985. The summed E-state index contributed by atoms with van der Waals surface area (Å²) in [5.41, 5.74) is 5.31. The zero-order valence-corrected chi connectivity index (χ0v) is 10.7. The quantitative estimate of drug-likeness (QED) is 0.862. The lowest BCUT2D eigenvalue weighted by Crippen LogP contribution is -2.33. The number of para-hydroxylation sites is 1. The maximum absolute atomic E-state index is 3.50. The number of fused-ring (bicyclic) bond motifs is 1. The summed E-state index contributed by atoms with van der Waals surface area (Å²) in [7, 11) is 0. The van der Waals surface area contributed by atoms with Gasteiger partial charge in [0.25, 0.3) is 0 Å². The second-order valence-electron chi connectivity index (χ2n) is 4.80. The topological polar surface area (TPSA) is 15.3 Å². The Morgan fingerprint density at radius 1 is 1.06 bits per heavy atom. The van der Waals surface area contributed by atoms with Gasteiger partial charge in [0.1, 0.15) is 0 Å². The summed E-state index contributed by atoms with van der Waals surface area (Å²) in [6.07, 6.45) is 0. The molecule has 2 heteroatoms. The molecule has 2 aromatic rings. The molecule has 0 aromatic heterocycles. The molecule has 2 aromatic carbocycles. The Morgan fingerprint density at radius 2 is 1.89 bits per heavy atom. The summed E-state index contributed by atoms with van der Waals surface area (Å²) in [5.74, 6) is 0. The van der Waals surface area contributed by atoms with Crippen LogP contribution in [-0.2, 0) is 6.54 Å². The Balaban J connectivity index is 1.90. The number of nitrogens with zero attached hydrogens (tertiary/aromatic N) is 1. The van der Waals surface area contributed by atoms with Crippen LogP contribution in [0.5, 0.6) is 0 Å². The Morgan fingerprint density at radius 3 is 2.72 bits per heavy atom. The average molecular weight is 238 g/mol. The van der Waals surface area contributed by atoms with Crippen molar-refractivity contribution in [2.45, 2.75) is 13.5 Å². The van der Waals surface area contributed by atoms with Crippen molar-refractivity contribution in [1.82, 2.24) is 0 Å². The van der Waals surface area contributed by atoms with Crippen LogP contribution in [0.25, 0.3) is 0 Å². The van der Waals surface area contributed by atoms with E-state index >= 15 is 0 Å². The van der Waals surface area contributed by atoms with Crippen molar-refractivity contribution in [3.8, 4) is 0 Å². The molecule has 1 N–H and O–H groups in total. The van der Waals surface area contributed by atoms with E-state index in [-0.39, 0.29) is 0 Å². The van der Waals surface area contributed by atoms with E-state index < -0.39 is 0 Å². The minimum Gasteiger partial charge on any atom is -0.381 e. The smallest absolute Gasteiger partial charge is 0.0608 e. The fourth-order valence-corrected chi connectivity index (χ4v) is 2.55. The molecular formula is C16H18N2. The van der Waals surface area contributed by atoms with E-state index in [0.717, 1.165) is 19.6 Å². The normalized spacial score (nSPS) is 13.9. The van der Waals surface area contributed by atoms with Gasteiger partial charge in [-0.1, -0.05) is 42.5 Å². The molecule has 0 atom stereocenters. The van der Waals surface area contributed by atoms with E-state index in [1.165, 1.54) is 22.5 Å². The molecule has 0 saturated carbocycles. The lowest BCUT2D eigenvalue weighted by Gasteiger charge is -2.33. The fraction of sp³-hybridized carbons (Fsp3) is 0.250. The van der Waals surface area contributed by atoms with Crippen LogP contribution in [-0.4, -0.2) is 13.1 Å². The Labute approximate surface area is 108 Å². The number of hydrogen-bond acceptors (Lipinski definition) is 2. The molecule has 1 aliphatic heterocycles. The first-order valence-corrected chi connectivity index (χ1v) is 6.47. The third-order valence-corrected chi connectivity index (χ3v) is 3.49. The highest BCUT2D eigenvalue weighted by Gasteiger charge is 2.17. The maximum atomic E-state index is 3.50. The summed E-state index contributed by atoms with van der Waals surface area (Å²) in [4.78, 5) is 2.45. The van der Waals surface area contributed by atoms with Crippen molar-refractivity contribution in [2.24, 2.45) is 0 Å². The van der Waals surface area contributed by atoms with E-state index in [1.54, 1.807) is 0 Å². The molecule has 2 nitrogen and oxygen atoms in total. The Bertz CT molecular complexity index is 534. The highest BCUT2D eigenvalue weighted by molar-refractivity contribution is 5.75. The largest absolute Gasteiger partial charge is 0.381 e. The molecule has 0 aliphatic carbocycles. The first-order valence-electron chi connectivity index (χ1n) is 6.47. The van der Waals surface area contributed by atoms with Gasteiger partial charge in [0.2, 0.25) is 0 Å². The number of anilines is 2. The zero-order chi connectivity index (χ0) is 12.4. The molecule has 0 radical (unpaired) electrons. The SMILES string of the molecule is Cc1cccc2c1NCCN2Cc1ccccc1. The van der Waals surface area contributed by atoms with Crippen LogP contribution >= 0.6 is 0 Å². The van der Waals surface area contributed by atoms with E-state index in [9.17, 15) is 0 Å². The first kappa shape index (κ1) is 11.1. The van der Waals surface area contributed by atoms with Crippen molar-refractivity contribution in [1.29, 1.82) is 0 Å². The molecule has 1 aliphatic rings. The second-order valence-corrected chi connectivity index (χ2v) is 4.80. The number of benzene rings is 2. The van der Waals surface area contributed by atoms with Crippen molar-refractivity contribution in [3.63, 3.8) is 0 Å². The van der Waals surface area contributed by atoms with Gasteiger partial charge in [0.05, 0.1) is 11.4 Å². The maximum Gasteiger partial charge on any atom is 0.0608 e. The van der Waals surface area contributed by atoms with Gasteiger partial charge in [-0.3, -0.25) is 0 Å². The van der Waals surface area contributed by atoms with Crippen molar-refractivity contribution >= 4 is 11.4 Å². The standard InChI is InChI=1S/C16H18N2/c1-13-6-5-9-15-16(13)17-10-11-18(15)12-14-7-3-2-4-8-14/h2-9,17H,10-12H2,1H3. The molecule has 0 unspecified atom stereocenters. The van der Waals surface area contributed by atoms with Gasteiger partial charge in [0, 0.05) is 19.6 Å². The molecule has 1 heterocycles. The number of rotatable bonds is 2. The van der Waals surface area contributed by atoms with Gasteiger partial charge >= 0.3 is 0 Å². The highest BCUT2D eigenvalue weighted by Crippen LogP contribution is 2.32. The Kier molecular flexibility index (Phi) is 2.93. The molecule has 3 rings (SSSR count). The van der Waals surface area contributed by atoms with E-state index in [0.29, 0.717) is 0 Å². The summed E-state index contributed by atoms with van der Waals surface area (Å²) in [5, 5.41) is 3.50. The predicted octanol–water partition coefficient (Wildman–Crippen LogP) is 3.43. The average Bonchev–Trinajstić information content (AvgIpc) is 2.41. The molecule has 18 heavy (non-hydrogen) atoms. The molecule has 0 amide bonds. The molecule has 0 bridgehead atoms. The van der Waals surface area contributed by atoms with Crippen LogP contribution in [0.1, 0.15) is 11.1 Å². The van der Waals surface area contributed by atoms with E-state index in [4.69, 9.17) is 0 Å². The molecular weight excluding hydrogens is 220 g/mol. The summed E-state index contributed by atoms with van der Waals surface area (Å²) in [6, 6.07) is 17.2. The minimum absolute atomic E-state index is 0.985. The first-order chi connectivity index (χ1) is 8.84. The van der Waals surface area contributed by atoms with Crippen molar-refractivity contribution in [3.05, 3.63) is 59.7 Å². The number of aryl methyl sites for hydroxylation is 1. The third-order valence-electron chi connectivity index (χ3n) is 3.49. The van der Waals surface area contributed by atoms with Crippen LogP contribution in [0.4, 0.5) is 11.4 Å². The third kappa shape index (κ3) is 2.06. The van der Waals surface area contributed by atoms with Gasteiger partial charge in [0.15, 0.2) is 0 Å². The van der Waals surface area contributed by atoms with Crippen LogP contribution < -0.4 is 10.2 Å². The van der Waals surface area contributed by atoms with Gasteiger partial charge in [-0.2, -0.15) is 0 Å². The van der Waals surface area contributed by atoms with E-state index in [2.05, 4.69) is 65.7 Å². The number of hydrogen-bond donors (Lipinski definition) is 1. The lowest BCUT2D eigenvalue weighted by atomic mass is 10.1. The van der Waals surface area contributed by atoms with Crippen LogP contribution in [0.3, 0.4) is 0 Å². The van der Waals surface area contributed by atoms with Gasteiger partial charge in [-0.25, -0.2) is 0 Å². The van der Waals surface area contributed by atoms with Gasteiger partial charge in [-0.05, 0) is 24.1 Å². The summed E-state index contributed by atoms with van der Waals surface area (Å²) < 4.78 is 0. The summed E-state index contributed by atoms with van der Waals surface area (Å²) >= 11 is 0. The zero-order valence-electron chi connectivity index (χ0n) is 10.7. The van der Waals surface area contributed by atoms with Crippen LogP contribution in [0, 0.1) is 6.92 Å². The highest BCUT2D eigenvalue weighted by atomic mass is 15.2. The van der Waals surface area contributed by atoms with Crippen molar-refractivity contribution < 1.29 is 0 Å². The van der Waals surface area contributed by atoms with Gasteiger partial charge < -0.3 is 10.2 Å². The second kappa shape index (κ2) is 4.73. The molecule has 0 fully saturated rings. The molecule has 0 saturated heterocycles. The molecule has 92 valence electrons. The Hall–Kier alpha value is -1.96. The summed E-state index contributed by atoms with van der Waals surface area (Å²) in [6.45, 7) is 5.23. The van der Waals surface area contributed by atoms with Gasteiger partial charge in [-0.15, -0.1) is 0 Å². The fourth-order valence-electron chi connectivity index (χ4n) is 2.55.